The van der Waals surface area contributed by atoms with Gasteiger partial charge in [-0.15, -0.1) is 0 Å². The molecule has 0 atom stereocenters. The summed E-state index contributed by atoms with van der Waals surface area (Å²) in [7, 11) is 0. The summed E-state index contributed by atoms with van der Waals surface area (Å²) in [5.41, 5.74) is -0.178. The Balaban J connectivity index is 2.67. The first kappa shape index (κ1) is 18.5. The van der Waals surface area contributed by atoms with E-state index in [2.05, 4.69) is 5.32 Å². The molecule has 0 aromatic heterocycles. The summed E-state index contributed by atoms with van der Waals surface area (Å²) >= 11 is 0. The van der Waals surface area contributed by atoms with E-state index >= 15 is 0 Å². The number of hydrogen-bond donors (Lipinski definition) is 2. The Hall–Kier alpha value is -1.53. The van der Waals surface area contributed by atoms with Gasteiger partial charge in [-0.3, -0.25) is 9.69 Å². The van der Waals surface area contributed by atoms with Crippen LogP contribution in [0.25, 0.3) is 0 Å². The van der Waals surface area contributed by atoms with Crippen LogP contribution in [0.1, 0.15) is 27.2 Å². The van der Waals surface area contributed by atoms with Crippen molar-refractivity contribution >= 4 is 11.6 Å². The molecule has 6 heteroatoms. The first-order valence-corrected chi connectivity index (χ1v) is 7.29. The molecule has 1 aromatic carbocycles. The van der Waals surface area contributed by atoms with Gasteiger partial charge in [0.25, 0.3) is 0 Å². The number of benzene rings is 1. The van der Waals surface area contributed by atoms with E-state index in [9.17, 15) is 13.6 Å². The molecule has 0 bridgehead atoms. The van der Waals surface area contributed by atoms with Gasteiger partial charge in [0, 0.05) is 25.8 Å². The number of carbonyl (C=O) groups is 1. The predicted octanol–water partition coefficient (Wildman–Crippen LogP) is 2.63. The van der Waals surface area contributed by atoms with E-state index in [0.29, 0.717) is 19.5 Å². The quantitative estimate of drug-likeness (QED) is 0.813. The highest BCUT2D eigenvalue weighted by Crippen LogP contribution is 2.17. The molecule has 0 aliphatic rings. The van der Waals surface area contributed by atoms with E-state index in [4.69, 9.17) is 5.11 Å². The molecule has 0 spiro atoms. The Labute approximate surface area is 130 Å². The van der Waals surface area contributed by atoms with E-state index in [1.54, 1.807) is 0 Å². The third-order valence-electron chi connectivity index (χ3n) is 2.90. The lowest BCUT2D eigenvalue weighted by molar-refractivity contribution is -0.117. The summed E-state index contributed by atoms with van der Waals surface area (Å²) in [5, 5.41) is 11.3. The van der Waals surface area contributed by atoms with Crippen LogP contribution >= 0.6 is 0 Å². The average Bonchev–Trinajstić information content (AvgIpc) is 2.38. The van der Waals surface area contributed by atoms with Crippen molar-refractivity contribution in [2.24, 2.45) is 5.41 Å². The fourth-order valence-electron chi connectivity index (χ4n) is 2.17. The van der Waals surface area contributed by atoms with Crippen molar-refractivity contribution < 1.29 is 18.7 Å². The normalized spacial score (nSPS) is 11.8. The van der Waals surface area contributed by atoms with Crippen molar-refractivity contribution in [1.29, 1.82) is 0 Å². The van der Waals surface area contributed by atoms with Crippen LogP contribution in [0, 0.1) is 17.0 Å². The maximum atomic E-state index is 13.5. The average molecular weight is 314 g/mol. The molecule has 0 heterocycles. The SMILES string of the molecule is CC(C)(C)CN(CCCO)CC(=O)Nc1cc(F)ccc1F. The molecule has 1 amide bonds. The minimum atomic E-state index is -0.674. The zero-order valence-corrected chi connectivity index (χ0v) is 13.3. The molecular weight excluding hydrogens is 290 g/mol. The number of halogens is 2. The smallest absolute Gasteiger partial charge is 0.238 e. The molecule has 0 aliphatic carbocycles. The summed E-state index contributed by atoms with van der Waals surface area (Å²) in [6.07, 6.45) is 0.553. The van der Waals surface area contributed by atoms with Gasteiger partial charge >= 0.3 is 0 Å². The number of aliphatic hydroxyl groups excluding tert-OH is 1. The van der Waals surface area contributed by atoms with E-state index in [-0.39, 0.29) is 24.3 Å². The summed E-state index contributed by atoms with van der Waals surface area (Å²) < 4.78 is 26.6. The van der Waals surface area contributed by atoms with Crippen LogP contribution in [-0.2, 0) is 4.79 Å². The number of anilines is 1. The molecule has 22 heavy (non-hydrogen) atoms. The molecule has 0 unspecified atom stereocenters. The summed E-state index contributed by atoms with van der Waals surface area (Å²) in [5.74, 6) is -1.69. The molecule has 0 saturated heterocycles. The van der Waals surface area contributed by atoms with Gasteiger partial charge in [-0.1, -0.05) is 20.8 Å². The second-order valence-corrected chi connectivity index (χ2v) is 6.52. The first-order chi connectivity index (χ1) is 10.2. The zero-order chi connectivity index (χ0) is 16.8. The highest BCUT2D eigenvalue weighted by molar-refractivity contribution is 5.92. The van der Waals surface area contributed by atoms with E-state index in [1.165, 1.54) is 0 Å². The second-order valence-electron chi connectivity index (χ2n) is 6.52. The Bertz CT molecular complexity index is 501. The van der Waals surface area contributed by atoms with Gasteiger partial charge in [0.05, 0.1) is 12.2 Å². The molecule has 2 N–H and O–H groups in total. The van der Waals surface area contributed by atoms with Gasteiger partial charge in [0.1, 0.15) is 11.6 Å². The Kier molecular flexibility index (Phi) is 6.90. The van der Waals surface area contributed by atoms with Crippen LogP contribution in [0.4, 0.5) is 14.5 Å². The third-order valence-corrected chi connectivity index (χ3v) is 2.90. The molecule has 1 aromatic rings. The molecule has 0 aliphatic heterocycles. The van der Waals surface area contributed by atoms with E-state index in [1.807, 2.05) is 25.7 Å². The predicted molar refractivity (Wildman–Crippen MR) is 82.6 cm³/mol. The van der Waals surface area contributed by atoms with Crippen LogP contribution in [0.5, 0.6) is 0 Å². The zero-order valence-electron chi connectivity index (χ0n) is 13.3. The minimum Gasteiger partial charge on any atom is -0.396 e. The maximum absolute atomic E-state index is 13.5. The van der Waals surface area contributed by atoms with Gasteiger partial charge in [0.2, 0.25) is 5.91 Å². The van der Waals surface area contributed by atoms with Crippen molar-refractivity contribution in [1.82, 2.24) is 4.90 Å². The molecule has 1 rings (SSSR count). The topological polar surface area (TPSA) is 52.6 Å². The first-order valence-electron chi connectivity index (χ1n) is 7.29. The Morgan fingerprint density at radius 3 is 2.59 bits per heavy atom. The van der Waals surface area contributed by atoms with Gasteiger partial charge in [-0.05, 0) is 24.0 Å². The number of hydrogen-bond acceptors (Lipinski definition) is 3. The fourth-order valence-corrected chi connectivity index (χ4v) is 2.17. The number of nitrogens with one attached hydrogen (secondary N) is 1. The molecule has 0 radical (unpaired) electrons. The summed E-state index contributed by atoms with van der Waals surface area (Å²) in [6, 6.07) is 2.93. The van der Waals surface area contributed by atoms with Crippen molar-refractivity contribution in [3.8, 4) is 0 Å². The molecule has 0 fully saturated rings. The number of carbonyl (C=O) groups excluding carboxylic acids is 1. The maximum Gasteiger partial charge on any atom is 0.238 e. The largest absolute Gasteiger partial charge is 0.396 e. The monoisotopic (exact) mass is 314 g/mol. The Morgan fingerprint density at radius 2 is 2.00 bits per heavy atom. The van der Waals surface area contributed by atoms with Crippen LogP contribution < -0.4 is 5.32 Å². The van der Waals surface area contributed by atoms with Crippen LogP contribution in [-0.4, -0.2) is 42.2 Å². The molecular formula is C16H24F2N2O2. The number of nitrogens with zero attached hydrogens (tertiary/aromatic N) is 1. The fraction of sp³-hybridized carbons (Fsp3) is 0.562. The molecule has 0 saturated carbocycles. The van der Waals surface area contributed by atoms with Gasteiger partial charge in [-0.25, -0.2) is 8.78 Å². The number of aliphatic hydroxyl groups is 1. The van der Waals surface area contributed by atoms with Crippen LogP contribution in [0.3, 0.4) is 0 Å². The summed E-state index contributed by atoms with van der Waals surface area (Å²) in [6.45, 7) is 7.46. The lowest BCUT2D eigenvalue weighted by Gasteiger charge is -2.29. The summed E-state index contributed by atoms with van der Waals surface area (Å²) in [4.78, 5) is 13.9. The second kappa shape index (κ2) is 8.19. The van der Waals surface area contributed by atoms with Crippen molar-refractivity contribution in [3.05, 3.63) is 29.8 Å². The Morgan fingerprint density at radius 1 is 1.32 bits per heavy atom. The molecule has 4 nitrogen and oxygen atoms in total. The minimum absolute atomic E-state index is 0.0140. The van der Waals surface area contributed by atoms with Gasteiger partial charge < -0.3 is 10.4 Å². The van der Waals surface area contributed by atoms with E-state index < -0.39 is 17.5 Å². The molecule has 124 valence electrons. The lowest BCUT2D eigenvalue weighted by atomic mass is 9.96. The standard InChI is InChI=1S/C16H24F2N2O2/c1-16(2,3)11-20(7-4-8-21)10-15(22)19-14-9-12(17)5-6-13(14)18/h5-6,9,21H,4,7-8,10-11H2,1-3H3,(H,19,22). The number of amides is 1. The van der Waals surface area contributed by atoms with Crippen molar-refractivity contribution in [2.45, 2.75) is 27.2 Å². The van der Waals surface area contributed by atoms with Gasteiger partial charge in [-0.2, -0.15) is 0 Å². The van der Waals surface area contributed by atoms with Crippen molar-refractivity contribution in [2.75, 3.05) is 31.6 Å². The number of rotatable bonds is 7. The van der Waals surface area contributed by atoms with Crippen molar-refractivity contribution in [3.63, 3.8) is 0 Å². The highest BCUT2D eigenvalue weighted by atomic mass is 19.1. The lowest BCUT2D eigenvalue weighted by Crippen LogP contribution is -2.39. The van der Waals surface area contributed by atoms with Gasteiger partial charge in [0.15, 0.2) is 0 Å². The van der Waals surface area contributed by atoms with E-state index in [0.717, 1.165) is 18.2 Å². The van der Waals surface area contributed by atoms with Crippen LogP contribution in [0.15, 0.2) is 18.2 Å². The van der Waals surface area contributed by atoms with Crippen LogP contribution in [0.2, 0.25) is 0 Å². The third kappa shape index (κ3) is 6.95. The highest BCUT2D eigenvalue weighted by Gasteiger charge is 2.19.